The molecule has 2 N–H and O–H groups in total. The van der Waals surface area contributed by atoms with Crippen molar-refractivity contribution in [2.75, 3.05) is 14.2 Å². The normalized spacial score (nSPS) is 10.4. The maximum Gasteiger partial charge on any atom is 0.337 e. The summed E-state index contributed by atoms with van der Waals surface area (Å²) in [6.45, 7) is 4.47. The van der Waals surface area contributed by atoms with Crippen LogP contribution in [0.5, 0.6) is 5.75 Å². The number of rotatable bonds is 10. The molecule has 0 radical (unpaired) electrons. The Morgan fingerprint density at radius 3 is 1.43 bits per heavy atom. The minimum atomic E-state index is -0.455. The number of carbonyl (C=O) groups excluding carboxylic acids is 3. The van der Waals surface area contributed by atoms with E-state index in [4.69, 9.17) is 4.74 Å². The van der Waals surface area contributed by atoms with Crippen LogP contribution in [0.1, 0.15) is 53.3 Å². The van der Waals surface area contributed by atoms with E-state index in [1.807, 2.05) is 86.6 Å². The average Bonchev–Trinajstić information content (AvgIpc) is 3.19. The molecule has 0 atom stereocenters. The zero-order valence-electron chi connectivity index (χ0n) is 30.4. The Balaban J connectivity index is 0.000000208. The molecule has 0 spiro atoms. The van der Waals surface area contributed by atoms with Crippen LogP contribution in [0.15, 0.2) is 143 Å². The van der Waals surface area contributed by atoms with Gasteiger partial charge in [-0.15, -0.1) is 0 Å². The highest BCUT2D eigenvalue weighted by Gasteiger charge is 2.14. The number of nitrogens with zero attached hydrogens (tertiary/aromatic N) is 2. The zero-order valence-corrected chi connectivity index (χ0v) is 30.4. The third kappa shape index (κ3) is 9.65. The van der Waals surface area contributed by atoms with Crippen molar-refractivity contribution in [3.8, 4) is 17.1 Å². The summed E-state index contributed by atoms with van der Waals surface area (Å²) in [6, 6.07) is 35.6. The molecule has 11 heteroatoms. The van der Waals surface area contributed by atoms with Gasteiger partial charge in [0.05, 0.1) is 19.8 Å². The second-order valence-electron chi connectivity index (χ2n) is 12.3. The van der Waals surface area contributed by atoms with E-state index in [0.717, 1.165) is 33.7 Å². The Morgan fingerprint density at radius 2 is 1.02 bits per heavy atom. The molecule has 4 aromatic carbocycles. The molecule has 0 unspecified atom stereocenters. The lowest BCUT2D eigenvalue weighted by molar-refractivity contribution is 0.0600. The van der Waals surface area contributed by atoms with Gasteiger partial charge in [0.1, 0.15) is 16.9 Å². The molecule has 274 valence electrons. The van der Waals surface area contributed by atoms with Crippen molar-refractivity contribution < 1.29 is 23.9 Å². The molecule has 6 rings (SSSR count). The van der Waals surface area contributed by atoms with E-state index in [1.54, 1.807) is 55.9 Å². The van der Waals surface area contributed by atoms with Gasteiger partial charge in [-0.1, -0.05) is 48.5 Å². The van der Waals surface area contributed by atoms with Crippen LogP contribution in [0.25, 0.3) is 11.4 Å². The van der Waals surface area contributed by atoms with Gasteiger partial charge in [-0.3, -0.25) is 28.3 Å². The van der Waals surface area contributed by atoms with Gasteiger partial charge in [0.15, 0.2) is 0 Å². The van der Waals surface area contributed by atoms with Gasteiger partial charge < -0.3 is 20.1 Å². The highest BCUT2D eigenvalue weighted by atomic mass is 16.5. The molecule has 0 saturated heterocycles. The Kier molecular flexibility index (Phi) is 12.7. The summed E-state index contributed by atoms with van der Waals surface area (Å²) >= 11 is 0. The molecule has 11 nitrogen and oxygen atoms in total. The van der Waals surface area contributed by atoms with E-state index >= 15 is 0 Å². The van der Waals surface area contributed by atoms with E-state index in [0.29, 0.717) is 17.8 Å². The third-order valence-electron chi connectivity index (χ3n) is 8.38. The predicted octanol–water partition coefficient (Wildman–Crippen LogP) is 5.95. The number of ether oxygens (including phenoxy) is 2. The van der Waals surface area contributed by atoms with Crippen LogP contribution in [0.2, 0.25) is 0 Å². The third-order valence-corrected chi connectivity index (χ3v) is 8.38. The molecule has 0 aliphatic rings. The van der Waals surface area contributed by atoms with Gasteiger partial charge >= 0.3 is 5.97 Å². The zero-order chi connectivity index (χ0) is 38.6. The summed E-state index contributed by atoms with van der Waals surface area (Å²) in [4.78, 5) is 61.9. The Morgan fingerprint density at radius 1 is 0.574 bits per heavy atom. The summed E-state index contributed by atoms with van der Waals surface area (Å²) in [6.07, 6.45) is 3.30. The first-order valence-electron chi connectivity index (χ1n) is 17.0. The van der Waals surface area contributed by atoms with Gasteiger partial charge in [-0.2, -0.15) is 0 Å². The van der Waals surface area contributed by atoms with Crippen molar-refractivity contribution in [2.24, 2.45) is 0 Å². The molecule has 2 amide bonds. The highest BCUT2D eigenvalue weighted by Crippen LogP contribution is 2.13. The standard InChI is InChI=1S/C22H20N2O4.C21H20N2O3/c1-15-5-3-6-18(13-15)24-12-4-7-19(21(24)26)20(25)23-14-16-8-10-17(11-9-16)22(27)28-2;1-15-5-3-6-17(13-15)23-12-4-7-19(21(23)25)20(24)22-14-16-8-10-18(26-2)11-9-16/h3-13H,14H2,1-2H3,(H,23,25);3-13H,14H2,1-2H3,(H,22,24). The number of pyridine rings is 2. The van der Waals surface area contributed by atoms with Crippen molar-refractivity contribution in [3.63, 3.8) is 0 Å². The summed E-state index contributed by atoms with van der Waals surface area (Å²) in [5, 5.41) is 5.53. The number of benzene rings is 4. The van der Waals surface area contributed by atoms with Gasteiger partial charge in [0, 0.05) is 36.9 Å². The minimum Gasteiger partial charge on any atom is -0.497 e. The van der Waals surface area contributed by atoms with Crippen LogP contribution in [0.4, 0.5) is 0 Å². The largest absolute Gasteiger partial charge is 0.497 e. The number of nitrogens with one attached hydrogen (secondary N) is 2. The fourth-order valence-electron chi connectivity index (χ4n) is 5.47. The highest BCUT2D eigenvalue weighted by molar-refractivity contribution is 5.94. The van der Waals surface area contributed by atoms with Gasteiger partial charge in [-0.05, 0) is 109 Å². The van der Waals surface area contributed by atoms with E-state index in [9.17, 15) is 24.0 Å². The van der Waals surface area contributed by atoms with Crippen LogP contribution in [0.3, 0.4) is 0 Å². The van der Waals surface area contributed by atoms with Crippen LogP contribution in [-0.4, -0.2) is 41.1 Å². The smallest absolute Gasteiger partial charge is 0.337 e. The maximum absolute atomic E-state index is 12.7. The number of carbonyl (C=O) groups is 3. The maximum atomic E-state index is 12.7. The number of methoxy groups -OCH3 is 2. The molecule has 2 heterocycles. The quantitative estimate of drug-likeness (QED) is 0.167. The minimum absolute atomic E-state index is 0.0650. The number of amides is 2. The summed E-state index contributed by atoms with van der Waals surface area (Å²) < 4.78 is 12.7. The summed E-state index contributed by atoms with van der Waals surface area (Å²) in [5.74, 6) is -0.516. The summed E-state index contributed by atoms with van der Waals surface area (Å²) in [7, 11) is 2.92. The number of esters is 1. The van der Waals surface area contributed by atoms with Crippen molar-refractivity contribution in [1.29, 1.82) is 0 Å². The Labute approximate surface area is 312 Å². The van der Waals surface area contributed by atoms with E-state index in [2.05, 4.69) is 15.4 Å². The Hall–Kier alpha value is -7.01. The molecular weight excluding hydrogens is 684 g/mol. The Bertz CT molecular complexity index is 2380. The monoisotopic (exact) mass is 724 g/mol. The van der Waals surface area contributed by atoms with Crippen LogP contribution >= 0.6 is 0 Å². The fourth-order valence-corrected chi connectivity index (χ4v) is 5.47. The SMILES string of the molecule is COC(=O)c1ccc(CNC(=O)c2cccn(-c3cccc(C)c3)c2=O)cc1.COc1ccc(CNC(=O)c2cccn(-c3cccc(C)c3)c2=O)cc1. The molecular formula is C43H40N4O7. The lowest BCUT2D eigenvalue weighted by Crippen LogP contribution is -2.32. The molecule has 54 heavy (non-hydrogen) atoms. The van der Waals surface area contributed by atoms with Crippen molar-refractivity contribution in [3.05, 3.63) is 193 Å². The number of aromatic nitrogens is 2. The average molecular weight is 725 g/mol. The molecule has 0 bridgehead atoms. The first-order valence-corrected chi connectivity index (χ1v) is 17.0. The second-order valence-corrected chi connectivity index (χ2v) is 12.3. The molecule has 0 saturated carbocycles. The van der Waals surface area contributed by atoms with E-state index in [-0.39, 0.29) is 28.8 Å². The lowest BCUT2D eigenvalue weighted by Gasteiger charge is -2.10. The molecule has 0 fully saturated rings. The molecule has 0 aliphatic heterocycles. The topological polar surface area (TPSA) is 138 Å². The van der Waals surface area contributed by atoms with Gasteiger partial charge in [-0.25, -0.2) is 4.79 Å². The van der Waals surface area contributed by atoms with Crippen molar-refractivity contribution >= 4 is 17.8 Å². The van der Waals surface area contributed by atoms with E-state index < -0.39 is 17.8 Å². The first kappa shape index (κ1) is 38.2. The molecule has 6 aromatic rings. The van der Waals surface area contributed by atoms with Crippen LogP contribution in [-0.2, 0) is 17.8 Å². The van der Waals surface area contributed by atoms with Crippen molar-refractivity contribution in [2.45, 2.75) is 26.9 Å². The fraction of sp³-hybridized carbons (Fsp3) is 0.140. The van der Waals surface area contributed by atoms with Crippen LogP contribution in [0, 0.1) is 13.8 Å². The van der Waals surface area contributed by atoms with Crippen molar-refractivity contribution in [1.82, 2.24) is 19.8 Å². The molecule has 0 aliphatic carbocycles. The lowest BCUT2D eigenvalue weighted by atomic mass is 10.1. The number of hydrogen-bond acceptors (Lipinski definition) is 7. The predicted molar refractivity (Wildman–Crippen MR) is 207 cm³/mol. The van der Waals surface area contributed by atoms with E-state index in [1.165, 1.54) is 28.4 Å². The van der Waals surface area contributed by atoms with Crippen LogP contribution < -0.4 is 26.5 Å². The second kappa shape index (κ2) is 18.0. The van der Waals surface area contributed by atoms with Gasteiger partial charge in [0.2, 0.25) is 0 Å². The molecule has 2 aromatic heterocycles. The first-order chi connectivity index (χ1) is 26.1. The number of aryl methyl sites for hydroxylation is 2. The number of hydrogen-bond donors (Lipinski definition) is 2. The summed E-state index contributed by atoms with van der Waals surface area (Å²) in [5.41, 5.74) is 5.12. The van der Waals surface area contributed by atoms with Gasteiger partial charge in [0.25, 0.3) is 22.9 Å².